The van der Waals surface area contributed by atoms with E-state index in [2.05, 4.69) is 10.2 Å². The maximum Gasteiger partial charge on any atom is 0.217 e. The molecule has 0 aromatic carbocycles. The molecule has 1 saturated heterocycles. The number of piperidine rings is 1. The Bertz CT molecular complexity index is 201. The van der Waals surface area contributed by atoms with E-state index in [0.717, 1.165) is 45.3 Å². The highest BCUT2D eigenvalue weighted by Gasteiger charge is 2.18. The standard InChI is InChI=1S/C12H24N2O2/c1-11(16)13-12-5-8-14(9-6-12)7-3-2-4-10-15/h12,15H,2-10H2,1H3,(H,13,16). The zero-order valence-corrected chi connectivity index (χ0v) is 10.2. The first-order valence-electron chi connectivity index (χ1n) is 6.32. The highest BCUT2D eigenvalue weighted by molar-refractivity contribution is 5.73. The molecule has 0 bridgehead atoms. The Kier molecular flexibility index (Phi) is 6.42. The van der Waals surface area contributed by atoms with Gasteiger partial charge in [0.25, 0.3) is 0 Å². The quantitative estimate of drug-likeness (QED) is 0.660. The lowest BCUT2D eigenvalue weighted by Crippen LogP contribution is -2.44. The van der Waals surface area contributed by atoms with Crippen LogP contribution in [0.2, 0.25) is 0 Å². The van der Waals surface area contributed by atoms with Crippen molar-refractivity contribution in [3.8, 4) is 0 Å². The Morgan fingerprint density at radius 3 is 2.56 bits per heavy atom. The van der Waals surface area contributed by atoms with E-state index in [1.165, 1.54) is 6.42 Å². The lowest BCUT2D eigenvalue weighted by molar-refractivity contribution is -0.119. The summed E-state index contributed by atoms with van der Waals surface area (Å²) in [6, 6.07) is 0.381. The molecule has 0 aromatic rings. The van der Waals surface area contributed by atoms with Gasteiger partial charge in [0.15, 0.2) is 0 Å². The maximum absolute atomic E-state index is 10.9. The number of hydrogen-bond acceptors (Lipinski definition) is 3. The fraction of sp³-hybridized carbons (Fsp3) is 0.917. The fourth-order valence-corrected chi connectivity index (χ4v) is 2.21. The molecule has 1 aliphatic rings. The van der Waals surface area contributed by atoms with Gasteiger partial charge in [-0.2, -0.15) is 0 Å². The molecule has 0 spiro atoms. The predicted molar refractivity (Wildman–Crippen MR) is 64.2 cm³/mol. The zero-order valence-electron chi connectivity index (χ0n) is 10.2. The molecule has 0 aromatic heterocycles. The molecule has 0 saturated carbocycles. The molecule has 0 aliphatic carbocycles. The zero-order chi connectivity index (χ0) is 11.8. The molecule has 0 unspecified atom stereocenters. The Balaban J connectivity index is 2.05. The molecule has 4 nitrogen and oxygen atoms in total. The van der Waals surface area contributed by atoms with Crippen LogP contribution in [0, 0.1) is 0 Å². The first kappa shape index (κ1) is 13.5. The number of nitrogens with one attached hydrogen (secondary N) is 1. The van der Waals surface area contributed by atoms with E-state index in [0.29, 0.717) is 12.6 Å². The monoisotopic (exact) mass is 228 g/mol. The second-order valence-electron chi connectivity index (χ2n) is 4.60. The van der Waals surface area contributed by atoms with Gasteiger partial charge >= 0.3 is 0 Å². The summed E-state index contributed by atoms with van der Waals surface area (Å²) < 4.78 is 0. The number of aliphatic hydroxyl groups excluding tert-OH is 1. The van der Waals surface area contributed by atoms with E-state index in [4.69, 9.17) is 5.11 Å². The summed E-state index contributed by atoms with van der Waals surface area (Å²) in [5, 5.41) is 11.6. The minimum Gasteiger partial charge on any atom is -0.396 e. The maximum atomic E-state index is 10.9. The van der Waals surface area contributed by atoms with Gasteiger partial charge in [0.05, 0.1) is 0 Å². The van der Waals surface area contributed by atoms with E-state index < -0.39 is 0 Å². The number of amides is 1. The van der Waals surface area contributed by atoms with Crippen molar-refractivity contribution in [2.75, 3.05) is 26.2 Å². The van der Waals surface area contributed by atoms with E-state index in [9.17, 15) is 4.79 Å². The molecule has 1 heterocycles. The number of aliphatic hydroxyl groups is 1. The summed E-state index contributed by atoms with van der Waals surface area (Å²) in [7, 11) is 0. The van der Waals surface area contributed by atoms with Gasteiger partial charge in [-0.05, 0) is 38.6 Å². The summed E-state index contributed by atoms with van der Waals surface area (Å²) >= 11 is 0. The van der Waals surface area contributed by atoms with Crippen molar-refractivity contribution >= 4 is 5.91 Å². The van der Waals surface area contributed by atoms with Crippen LogP contribution in [-0.4, -0.2) is 48.2 Å². The molecule has 1 aliphatic heterocycles. The minimum atomic E-state index is 0.0846. The third-order valence-corrected chi connectivity index (χ3v) is 3.13. The second kappa shape index (κ2) is 7.63. The first-order chi connectivity index (χ1) is 7.72. The van der Waals surface area contributed by atoms with Gasteiger partial charge in [-0.1, -0.05) is 0 Å². The number of hydrogen-bond donors (Lipinski definition) is 2. The second-order valence-corrected chi connectivity index (χ2v) is 4.60. The smallest absolute Gasteiger partial charge is 0.217 e. The summed E-state index contributed by atoms with van der Waals surface area (Å²) in [5.74, 6) is 0.0846. The van der Waals surface area contributed by atoms with Crippen molar-refractivity contribution in [1.29, 1.82) is 0 Å². The van der Waals surface area contributed by atoms with Crippen LogP contribution in [0.5, 0.6) is 0 Å². The highest BCUT2D eigenvalue weighted by Crippen LogP contribution is 2.11. The number of unbranched alkanes of at least 4 members (excludes halogenated alkanes) is 2. The molecular formula is C12H24N2O2. The van der Waals surface area contributed by atoms with Crippen molar-refractivity contribution < 1.29 is 9.90 Å². The van der Waals surface area contributed by atoms with Gasteiger partial charge in [-0.15, -0.1) is 0 Å². The predicted octanol–water partition coefficient (Wildman–Crippen LogP) is 0.749. The van der Waals surface area contributed by atoms with Crippen molar-refractivity contribution in [3.05, 3.63) is 0 Å². The fourth-order valence-electron chi connectivity index (χ4n) is 2.21. The Labute approximate surface area is 98.0 Å². The van der Waals surface area contributed by atoms with Crippen molar-refractivity contribution in [2.45, 2.75) is 45.1 Å². The van der Waals surface area contributed by atoms with E-state index >= 15 is 0 Å². The summed E-state index contributed by atoms with van der Waals surface area (Å²) in [6.07, 6.45) is 5.34. The van der Waals surface area contributed by atoms with Crippen molar-refractivity contribution in [1.82, 2.24) is 10.2 Å². The number of likely N-dealkylation sites (tertiary alicyclic amines) is 1. The van der Waals surface area contributed by atoms with Crippen LogP contribution in [0.1, 0.15) is 39.0 Å². The SMILES string of the molecule is CC(=O)NC1CCN(CCCCCO)CC1. The van der Waals surface area contributed by atoms with E-state index in [1.54, 1.807) is 6.92 Å². The van der Waals surface area contributed by atoms with Crippen LogP contribution in [0.3, 0.4) is 0 Å². The lowest BCUT2D eigenvalue weighted by atomic mass is 10.0. The Hall–Kier alpha value is -0.610. The first-order valence-corrected chi connectivity index (χ1v) is 6.32. The third kappa shape index (κ3) is 5.47. The van der Waals surface area contributed by atoms with Crippen molar-refractivity contribution in [3.63, 3.8) is 0 Å². The molecule has 1 fully saturated rings. The normalized spacial score (nSPS) is 18.6. The summed E-state index contributed by atoms with van der Waals surface area (Å²) in [4.78, 5) is 13.3. The van der Waals surface area contributed by atoms with Crippen molar-refractivity contribution in [2.24, 2.45) is 0 Å². The van der Waals surface area contributed by atoms with E-state index in [1.807, 2.05) is 0 Å². The molecule has 2 N–H and O–H groups in total. The number of rotatable bonds is 6. The summed E-state index contributed by atoms with van der Waals surface area (Å²) in [6.45, 7) is 5.20. The Morgan fingerprint density at radius 2 is 2.00 bits per heavy atom. The molecule has 1 amide bonds. The van der Waals surface area contributed by atoms with Gasteiger partial charge in [0, 0.05) is 32.7 Å². The molecule has 4 heteroatoms. The van der Waals surface area contributed by atoms with Crippen LogP contribution in [0.25, 0.3) is 0 Å². The average Bonchev–Trinajstić information content (AvgIpc) is 2.26. The minimum absolute atomic E-state index is 0.0846. The highest BCUT2D eigenvalue weighted by atomic mass is 16.2. The molecule has 94 valence electrons. The van der Waals surface area contributed by atoms with Gasteiger partial charge < -0.3 is 15.3 Å². The average molecular weight is 228 g/mol. The van der Waals surface area contributed by atoms with Gasteiger partial charge in [-0.3, -0.25) is 4.79 Å². The lowest BCUT2D eigenvalue weighted by Gasteiger charge is -2.32. The largest absolute Gasteiger partial charge is 0.396 e. The van der Waals surface area contributed by atoms with Crippen LogP contribution in [0.4, 0.5) is 0 Å². The number of nitrogens with zero attached hydrogens (tertiary/aromatic N) is 1. The molecule has 1 rings (SSSR count). The van der Waals surface area contributed by atoms with Gasteiger partial charge in [0.2, 0.25) is 5.91 Å². The molecular weight excluding hydrogens is 204 g/mol. The van der Waals surface area contributed by atoms with Crippen LogP contribution < -0.4 is 5.32 Å². The number of carbonyl (C=O) groups is 1. The van der Waals surface area contributed by atoms with E-state index in [-0.39, 0.29) is 5.91 Å². The van der Waals surface area contributed by atoms with Gasteiger partial charge in [0.1, 0.15) is 0 Å². The van der Waals surface area contributed by atoms with Crippen LogP contribution >= 0.6 is 0 Å². The molecule has 16 heavy (non-hydrogen) atoms. The topological polar surface area (TPSA) is 52.6 Å². The van der Waals surface area contributed by atoms with Gasteiger partial charge in [-0.25, -0.2) is 0 Å². The summed E-state index contributed by atoms with van der Waals surface area (Å²) in [5.41, 5.74) is 0. The Morgan fingerprint density at radius 1 is 1.31 bits per heavy atom. The third-order valence-electron chi connectivity index (χ3n) is 3.13. The molecule has 0 atom stereocenters. The van der Waals surface area contributed by atoms with Crippen LogP contribution in [0.15, 0.2) is 0 Å². The number of carbonyl (C=O) groups excluding carboxylic acids is 1. The van der Waals surface area contributed by atoms with Crippen LogP contribution in [-0.2, 0) is 4.79 Å². The molecule has 0 radical (unpaired) electrons.